The van der Waals surface area contributed by atoms with Crippen molar-refractivity contribution in [3.63, 3.8) is 0 Å². The highest BCUT2D eigenvalue weighted by molar-refractivity contribution is 5.92. The van der Waals surface area contributed by atoms with Gasteiger partial charge in [0.05, 0.1) is 0 Å². The maximum Gasteiger partial charge on any atom is -0.00450 e. The highest BCUT2D eigenvalue weighted by atomic mass is 14.1. The summed E-state index contributed by atoms with van der Waals surface area (Å²) in [5, 5.41) is 0. The average molecular weight is 154 g/mol. The molecule has 0 bridgehead atoms. The summed E-state index contributed by atoms with van der Waals surface area (Å²) in [4.78, 5) is 0. The summed E-state index contributed by atoms with van der Waals surface area (Å²) in [5.74, 6) is 0. The molecule has 1 aromatic rings. The van der Waals surface area contributed by atoms with Crippen molar-refractivity contribution in [2.45, 2.75) is 0 Å². The van der Waals surface area contributed by atoms with Crippen molar-refractivity contribution < 1.29 is 0 Å². The molecule has 0 unspecified atom stereocenters. The lowest BCUT2D eigenvalue weighted by molar-refractivity contribution is 1.58. The van der Waals surface area contributed by atoms with Crippen LogP contribution in [-0.4, -0.2) is 0 Å². The van der Waals surface area contributed by atoms with Gasteiger partial charge in [-0.3, -0.25) is 0 Å². The van der Waals surface area contributed by atoms with Gasteiger partial charge in [-0.25, -0.2) is 0 Å². The molecule has 0 atom stereocenters. The second-order valence-electron chi connectivity index (χ2n) is 2.87. The van der Waals surface area contributed by atoms with Gasteiger partial charge in [0.15, 0.2) is 0 Å². The van der Waals surface area contributed by atoms with E-state index in [2.05, 4.69) is 31.4 Å². The Kier molecular flexibility index (Phi) is 1.47. The molecule has 0 aromatic heterocycles. The van der Waals surface area contributed by atoms with Gasteiger partial charge in [0.25, 0.3) is 0 Å². The number of allylic oxidation sites excluding steroid dienone is 2. The van der Waals surface area contributed by atoms with E-state index < -0.39 is 0 Å². The minimum Gasteiger partial charge on any atom is -0.0984 e. The molecule has 0 spiro atoms. The molecular formula is C12H10. The summed E-state index contributed by atoms with van der Waals surface area (Å²) in [6.07, 6.45) is 6.00. The van der Waals surface area contributed by atoms with Gasteiger partial charge in [0, 0.05) is 0 Å². The number of hydrogen-bond donors (Lipinski definition) is 0. The second-order valence-corrected chi connectivity index (χ2v) is 2.87. The SMILES string of the molecule is C=Cc1cccc2c1C(=C)C=C2. The standard InChI is InChI=1S/C12H10/c1-3-10-5-4-6-11-8-7-9(2)12(10)11/h3-8H,1-2H2. The lowest BCUT2D eigenvalue weighted by Gasteiger charge is -2.03. The van der Waals surface area contributed by atoms with Crippen LogP contribution >= 0.6 is 0 Å². The van der Waals surface area contributed by atoms with Crippen molar-refractivity contribution in [1.29, 1.82) is 0 Å². The fourth-order valence-corrected chi connectivity index (χ4v) is 1.54. The third-order valence-corrected chi connectivity index (χ3v) is 2.13. The Morgan fingerprint density at radius 3 is 2.75 bits per heavy atom. The van der Waals surface area contributed by atoms with Crippen LogP contribution in [0.4, 0.5) is 0 Å². The Hall–Kier alpha value is -1.56. The van der Waals surface area contributed by atoms with E-state index in [9.17, 15) is 0 Å². The summed E-state index contributed by atoms with van der Waals surface area (Å²) in [6.45, 7) is 7.74. The van der Waals surface area contributed by atoms with Crippen LogP contribution in [0.2, 0.25) is 0 Å². The Bertz CT molecular complexity index is 381. The molecule has 0 radical (unpaired) electrons. The first kappa shape index (κ1) is 7.11. The minimum atomic E-state index is 1.08. The smallest absolute Gasteiger partial charge is 0.00450 e. The lowest BCUT2D eigenvalue weighted by atomic mass is 10.0. The van der Waals surface area contributed by atoms with Gasteiger partial charge in [-0.15, -0.1) is 0 Å². The number of fused-ring (bicyclic) bond motifs is 1. The van der Waals surface area contributed by atoms with E-state index in [0.717, 1.165) is 5.57 Å². The third kappa shape index (κ3) is 0.850. The van der Waals surface area contributed by atoms with Crippen LogP contribution in [0.3, 0.4) is 0 Å². The van der Waals surface area contributed by atoms with Crippen LogP contribution in [0.1, 0.15) is 16.7 Å². The highest BCUT2D eigenvalue weighted by Gasteiger charge is 2.10. The Labute approximate surface area is 72.5 Å². The summed E-state index contributed by atoms with van der Waals surface area (Å²) in [6, 6.07) is 6.19. The molecule has 0 fully saturated rings. The number of benzene rings is 1. The van der Waals surface area contributed by atoms with E-state index in [1.807, 2.05) is 18.2 Å². The van der Waals surface area contributed by atoms with Crippen molar-refractivity contribution in [3.05, 3.63) is 54.1 Å². The van der Waals surface area contributed by atoms with Crippen LogP contribution in [0.25, 0.3) is 17.7 Å². The first-order chi connectivity index (χ1) is 5.83. The van der Waals surface area contributed by atoms with E-state index in [-0.39, 0.29) is 0 Å². The van der Waals surface area contributed by atoms with Crippen molar-refractivity contribution in [1.82, 2.24) is 0 Å². The summed E-state index contributed by atoms with van der Waals surface area (Å²) < 4.78 is 0. The molecule has 0 saturated carbocycles. The molecule has 12 heavy (non-hydrogen) atoms. The van der Waals surface area contributed by atoms with Crippen LogP contribution < -0.4 is 0 Å². The number of hydrogen-bond acceptors (Lipinski definition) is 0. The molecule has 0 heteroatoms. The van der Waals surface area contributed by atoms with Crippen molar-refractivity contribution >= 4 is 17.7 Å². The largest absolute Gasteiger partial charge is 0.0984 e. The maximum atomic E-state index is 3.97. The van der Waals surface area contributed by atoms with Gasteiger partial charge in [0.1, 0.15) is 0 Å². The van der Waals surface area contributed by atoms with Gasteiger partial charge in [0.2, 0.25) is 0 Å². The molecule has 2 rings (SSSR count). The predicted octanol–water partition coefficient (Wildman–Crippen LogP) is 3.37. The molecule has 0 heterocycles. The molecule has 1 aliphatic carbocycles. The molecular weight excluding hydrogens is 144 g/mol. The Morgan fingerprint density at radius 1 is 1.17 bits per heavy atom. The summed E-state index contributed by atoms with van der Waals surface area (Å²) in [7, 11) is 0. The zero-order valence-corrected chi connectivity index (χ0v) is 6.88. The second kappa shape index (κ2) is 2.49. The highest BCUT2D eigenvalue weighted by Crippen LogP contribution is 2.30. The van der Waals surface area contributed by atoms with Gasteiger partial charge >= 0.3 is 0 Å². The normalized spacial score (nSPS) is 13.2. The fourth-order valence-electron chi connectivity index (χ4n) is 1.54. The molecule has 1 aliphatic rings. The molecule has 0 aliphatic heterocycles. The third-order valence-electron chi connectivity index (χ3n) is 2.13. The Balaban J connectivity index is 2.73. The quantitative estimate of drug-likeness (QED) is 0.581. The lowest BCUT2D eigenvalue weighted by Crippen LogP contribution is -1.84. The topological polar surface area (TPSA) is 0 Å². The van der Waals surface area contributed by atoms with Gasteiger partial charge < -0.3 is 0 Å². The van der Waals surface area contributed by atoms with Crippen LogP contribution in [0.5, 0.6) is 0 Å². The molecule has 1 aromatic carbocycles. The van der Waals surface area contributed by atoms with E-state index in [1.54, 1.807) is 0 Å². The van der Waals surface area contributed by atoms with Gasteiger partial charge in [-0.2, -0.15) is 0 Å². The van der Waals surface area contributed by atoms with Crippen LogP contribution in [0.15, 0.2) is 37.4 Å². The van der Waals surface area contributed by atoms with Crippen molar-refractivity contribution in [3.8, 4) is 0 Å². The summed E-state index contributed by atoms with van der Waals surface area (Å²) in [5.41, 5.74) is 4.73. The zero-order valence-electron chi connectivity index (χ0n) is 6.88. The van der Waals surface area contributed by atoms with Crippen molar-refractivity contribution in [2.75, 3.05) is 0 Å². The predicted molar refractivity (Wildman–Crippen MR) is 54.6 cm³/mol. The van der Waals surface area contributed by atoms with Crippen molar-refractivity contribution in [2.24, 2.45) is 0 Å². The van der Waals surface area contributed by atoms with E-state index >= 15 is 0 Å². The van der Waals surface area contributed by atoms with E-state index in [4.69, 9.17) is 0 Å². The number of rotatable bonds is 1. The molecule has 0 N–H and O–H groups in total. The van der Waals surface area contributed by atoms with Crippen LogP contribution in [-0.2, 0) is 0 Å². The van der Waals surface area contributed by atoms with E-state index in [0.29, 0.717) is 0 Å². The van der Waals surface area contributed by atoms with Gasteiger partial charge in [-0.05, 0) is 22.3 Å². The minimum absolute atomic E-state index is 1.08. The molecule has 58 valence electrons. The summed E-state index contributed by atoms with van der Waals surface area (Å²) >= 11 is 0. The van der Waals surface area contributed by atoms with Crippen LogP contribution in [0, 0.1) is 0 Å². The first-order valence-electron chi connectivity index (χ1n) is 3.96. The molecule has 0 amide bonds. The molecule has 0 saturated heterocycles. The van der Waals surface area contributed by atoms with Gasteiger partial charge in [-0.1, -0.05) is 49.6 Å². The monoisotopic (exact) mass is 154 g/mol. The van der Waals surface area contributed by atoms with E-state index in [1.165, 1.54) is 16.7 Å². The Morgan fingerprint density at radius 2 is 2.00 bits per heavy atom. The maximum absolute atomic E-state index is 3.97. The average Bonchev–Trinajstić information content (AvgIpc) is 2.48. The fraction of sp³-hybridized carbons (Fsp3) is 0. The molecule has 0 nitrogen and oxygen atoms in total. The first-order valence-corrected chi connectivity index (χ1v) is 3.96. The zero-order chi connectivity index (χ0) is 8.55.